The van der Waals surface area contributed by atoms with Crippen molar-refractivity contribution in [2.75, 3.05) is 17.1 Å². The molecule has 6 nitrogen and oxygen atoms in total. The van der Waals surface area contributed by atoms with Gasteiger partial charge < -0.3 is 10.1 Å². The van der Waals surface area contributed by atoms with E-state index in [9.17, 15) is 17.6 Å². The summed E-state index contributed by atoms with van der Waals surface area (Å²) < 4.78 is 44.1. The standard InChI is InChI=1S/C18H19FN2O4S/c1-12-3-8-16-15(9-12)21(26(2,23)24)11-17(25-16)18(22)20-10-13-4-6-14(19)7-5-13/h3-9,17H,10-11H2,1-2H3,(H,20,22)/t17-/m1/s1. The molecule has 1 aliphatic heterocycles. The molecule has 3 rings (SSSR count). The molecule has 138 valence electrons. The normalized spacial score (nSPS) is 16.6. The Morgan fingerprint density at radius 3 is 2.62 bits per heavy atom. The summed E-state index contributed by atoms with van der Waals surface area (Å²) >= 11 is 0. The zero-order valence-corrected chi connectivity index (χ0v) is 15.2. The van der Waals surface area contributed by atoms with Gasteiger partial charge in [-0.15, -0.1) is 0 Å². The van der Waals surface area contributed by atoms with Crippen molar-refractivity contribution < 1.29 is 22.3 Å². The van der Waals surface area contributed by atoms with Crippen LogP contribution >= 0.6 is 0 Å². The number of amides is 1. The zero-order valence-electron chi connectivity index (χ0n) is 14.4. The molecule has 2 aromatic carbocycles. The third-order valence-corrected chi connectivity index (χ3v) is 5.20. The minimum atomic E-state index is -3.56. The van der Waals surface area contributed by atoms with Crippen molar-refractivity contribution in [3.05, 3.63) is 59.4 Å². The lowest BCUT2D eigenvalue weighted by molar-refractivity contribution is -0.127. The maximum absolute atomic E-state index is 12.9. The maximum Gasteiger partial charge on any atom is 0.263 e. The van der Waals surface area contributed by atoms with E-state index >= 15 is 0 Å². The highest BCUT2D eigenvalue weighted by molar-refractivity contribution is 7.92. The molecule has 0 aromatic heterocycles. The van der Waals surface area contributed by atoms with Crippen LogP contribution in [0.3, 0.4) is 0 Å². The van der Waals surface area contributed by atoms with E-state index in [-0.39, 0.29) is 18.9 Å². The second kappa shape index (κ2) is 6.95. The van der Waals surface area contributed by atoms with Crippen molar-refractivity contribution in [3.8, 4) is 5.75 Å². The number of hydrogen-bond donors (Lipinski definition) is 1. The van der Waals surface area contributed by atoms with Crippen molar-refractivity contribution in [2.45, 2.75) is 19.6 Å². The van der Waals surface area contributed by atoms with Gasteiger partial charge in [0.25, 0.3) is 5.91 Å². The van der Waals surface area contributed by atoms with Gasteiger partial charge >= 0.3 is 0 Å². The summed E-state index contributed by atoms with van der Waals surface area (Å²) in [6.45, 7) is 1.94. The second-order valence-corrected chi connectivity index (χ2v) is 8.12. The van der Waals surface area contributed by atoms with Crippen molar-refractivity contribution >= 4 is 21.6 Å². The molecule has 26 heavy (non-hydrogen) atoms. The highest BCUT2D eigenvalue weighted by Crippen LogP contribution is 2.35. The van der Waals surface area contributed by atoms with Crippen LogP contribution in [0.2, 0.25) is 0 Å². The van der Waals surface area contributed by atoms with Crippen LogP contribution in [0.5, 0.6) is 5.75 Å². The molecule has 0 spiro atoms. The molecule has 0 fully saturated rings. The quantitative estimate of drug-likeness (QED) is 0.883. The fourth-order valence-corrected chi connectivity index (χ4v) is 3.62. The number of sulfonamides is 1. The van der Waals surface area contributed by atoms with Crippen LogP contribution in [-0.4, -0.2) is 33.2 Å². The van der Waals surface area contributed by atoms with Crippen LogP contribution in [-0.2, 0) is 21.4 Å². The average molecular weight is 378 g/mol. The molecule has 0 aliphatic carbocycles. The van der Waals surface area contributed by atoms with Gasteiger partial charge in [-0.3, -0.25) is 9.10 Å². The van der Waals surface area contributed by atoms with E-state index in [0.29, 0.717) is 11.4 Å². The summed E-state index contributed by atoms with van der Waals surface area (Å²) in [4.78, 5) is 12.5. The van der Waals surface area contributed by atoms with Crippen LogP contribution in [0.15, 0.2) is 42.5 Å². The Hall–Kier alpha value is -2.61. The van der Waals surface area contributed by atoms with Gasteiger partial charge in [0.15, 0.2) is 6.10 Å². The lowest BCUT2D eigenvalue weighted by atomic mass is 10.1. The summed E-state index contributed by atoms with van der Waals surface area (Å²) in [6.07, 6.45) is 0.123. The summed E-state index contributed by atoms with van der Waals surface area (Å²) in [5, 5.41) is 2.69. The average Bonchev–Trinajstić information content (AvgIpc) is 2.59. The minimum absolute atomic E-state index is 0.107. The predicted octanol–water partition coefficient (Wildman–Crippen LogP) is 1.98. The van der Waals surface area contributed by atoms with Crippen molar-refractivity contribution in [1.82, 2.24) is 5.32 Å². The lowest BCUT2D eigenvalue weighted by Gasteiger charge is -2.34. The number of carbonyl (C=O) groups is 1. The van der Waals surface area contributed by atoms with E-state index in [1.807, 2.05) is 6.92 Å². The van der Waals surface area contributed by atoms with E-state index in [4.69, 9.17) is 4.74 Å². The van der Waals surface area contributed by atoms with Crippen molar-refractivity contribution in [1.29, 1.82) is 0 Å². The van der Waals surface area contributed by atoms with Crippen LogP contribution in [0.4, 0.5) is 10.1 Å². The number of ether oxygens (including phenoxy) is 1. The van der Waals surface area contributed by atoms with Gasteiger partial charge in [0.2, 0.25) is 10.0 Å². The molecule has 1 atom stereocenters. The summed E-state index contributed by atoms with van der Waals surface area (Å²) in [7, 11) is -3.56. The number of nitrogens with one attached hydrogen (secondary N) is 1. The first-order valence-electron chi connectivity index (χ1n) is 8.01. The van der Waals surface area contributed by atoms with E-state index in [1.165, 1.54) is 16.4 Å². The molecule has 1 N–H and O–H groups in total. The Morgan fingerprint density at radius 1 is 1.27 bits per heavy atom. The van der Waals surface area contributed by atoms with Gasteiger partial charge in [-0.05, 0) is 42.3 Å². The van der Waals surface area contributed by atoms with Crippen LogP contribution < -0.4 is 14.4 Å². The third kappa shape index (κ3) is 3.96. The SMILES string of the molecule is Cc1ccc2c(c1)N(S(C)(=O)=O)C[C@H](C(=O)NCc1ccc(F)cc1)O2. The smallest absolute Gasteiger partial charge is 0.263 e. The van der Waals surface area contributed by atoms with Crippen LogP contribution in [0, 0.1) is 12.7 Å². The lowest BCUT2D eigenvalue weighted by Crippen LogP contribution is -2.50. The fourth-order valence-electron chi connectivity index (χ4n) is 2.72. The number of aryl methyl sites for hydroxylation is 1. The predicted molar refractivity (Wildman–Crippen MR) is 96.0 cm³/mol. The Kier molecular flexibility index (Phi) is 4.86. The number of fused-ring (bicyclic) bond motifs is 1. The Morgan fingerprint density at radius 2 is 1.96 bits per heavy atom. The van der Waals surface area contributed by atoms with Gasteiger partial charge in [-0.25, -0.2) is 12.8 Å². The zero-order chi connectivity index (χ0) is 18.9. The van der Waals surface area contributed by atoms with Crippen molar-refractivity contribution in [2.24, 2.45) is 0 Å². The van der Waals surface area contributed by atoms with Crippen LogP contribution in [0.25, 0.3) is 0 Å². The Bertz CT molecular complexity index is 929. The molecule has 0 saturated heterocycles. The molecule has 0 saturated carbocycles. The van der Waals surface area contributed by atoms with Crippen LogP contribution in [0.1, 0.15) is 11.1 Å². The molecule has 2 aromatic rings. The number of carbonyl (C=O) groups excluding carboxylic acids is 1. The number of halogens is 1. The molecular weight excluding hydrogens is 359 g/mol. The minimum Gasteiger partial charge on any atom is -0.476 e. The van der Waals surface area contributed by atoms with E-state index in [0.717, 1.165) is 17.4 Å². The maximum atomic E-state index is 12.9. The Labute approximate surface area is 151 Å². The molecule has 8 heteroatoms. The van der Waals surface area contributed by atoms with Gasteiger partial charge in [-0.2, -0.15) is 0 Å². The first kappa shape index (κ1) is 18.2. The number of hydrogen-bond acceptors (Lipinski definition) is 4. The topological polar surface area (TPSA) is 75.7 Å². The number of rotatable bonds is 4. The summed E-state index contributed by atoms with van der Waals surface area (Å²) in [6, 6.07) is 10.9. The largest absolute Gasteiger partial charge is 0.476 e. The second-order valence-electron chi connectivity index (χ2n) is 6.22. The first-order chi connectivity index (χ1) is 12.2. The van der Waals surface area contributed by atoms with Gasteiger partial charge in [0, 0.05) is 6.54 Å². The van der Waals surface area contributed by atoms with E-state index in [2.05, 4.69) is 5.32 Å². The first-order valence-corrected chi connectivity index (χ1v) is 9.86. The molecule has 1 aliphatic rings. The molecule has 0 bridgehead atoms. The monoisotopic (exact) mass is 378 g/mol. The van der Waals surface area contributed by atoms with Gasteiger partial charge in [0.05, 0.1) is 18.5 Å². The van der Waals surface area contributed by atoms with Gasteiger partial charge in [0.1, 0.15) is 11.6 Å². The van der Waals surface area contributed by atoms with Gasteiger partial charge in [-0.1, -0.05) is 18.2 Å². The van der Waals surface area contributed by atoms with Crippen molar-refractivity contribution in [3.63, 3.8) is 0 Å². The van der Waals surface area contributed by atoms with E-state index in [1.54, 1.807) is 30.3 Å². The Balaban J connectivity index is 1.77. The fraction of sp³-hybridized carbons (Fsp3) is 0.278. The summed E-state index contributed by atoms with van der Waals surface area (Å²) in [5.41, 5.74) is 2.04. The molecule has 0 unspecified atom stereocenters. The molecule has 1 amide bonds. The summed E-state index contributed by atoms with van der Waals surface area (Å²) in [5.74, 6) is -0.449. The highest BCUT2D eigenvalue weighted by Gasteiger charge is 2.34. The molecule has 0 radical (unpaired) electrons. The number of anilines is 1. The third-order valence-electron chi connectivity index (χ3n) is 4.06. The number of benzene rings is 2. The molecular formula is C18H19FN2O4S. The highest BCUT2D eigenvalue weighted by atomic mass is 32.2. The van der Waals surface area contributed by atoms with E-state index < -0.39 is 22.0 Å². The number of nitrogens with zero attached hydrogens (tertiary/aromatic N) is 1. The molecule has 1 heterocycles.